The Morgan fingerprint density at radius 3 is 2.50 bits per heavy atom. The molecule has 4 rings (SSSR count). The van der Waals surface area contributed by atoms with Crippen LogP contribution in [0.5, 0.6) is 0 Å². The van der Waals surface area contributed by atoms with Crippen molar-refractivity contribution in [2.24, 2.45) is 0 Å². The van der Waals surface area contributed by atoms with Gasteiger partial charge in [-0.2, -0.15) is 0 Å². The molecule has 0 radical (unpaired) electrons. The Morgan fingerprint density at radius 2 is 1.77 bits per heavy atom. The van der Waals surface area contributed by atoms with Gasteiger partial charge in [0.15, 0.2) is 0 Å². The molecule has 1 saturated heterocycles. The highest BCUT2D eigenvalue weighted by Gasteiger charge is 2.39. The van der Waals surface area contributed by atoms with Gasteiger partial charge < -0.3 is 14.5 Å². The highest BCUT2D eigenvalue weighted by molar-refractivity contribution is 6.42. The molecule has 0 aromatic heterocycles. The maximum absolute atomic E-state index is 13.3. The van der Waals surface area contributed by atoms with Gasteiger partial charge in [0.25, 0.3) is 5.91 Å². The Kier molecular flexibility index (Phi) is 5.71. The summed E-state index contributed by atoms with van der Waals surface area (Å²) in [5.74, 6) is -0.743. The topological polar surface area (TPSA) is 66.9 Å². The Balaban J connectivity index is 1.56. The van der Waals surface area contributed by atoms with Gasteiger partial charge >= 0.3 is 5.97 Å². The molecule has 8 heteroatoms. The van der Waals surface area contributed by atoms with Crippen molar-refractivity contribution < 1.29 is 19.1 Å². The molecule has 1 fully saturated rings. The fraction of sp³-hybridized carbons (Fsp3) is 0.318. The van der Waals surface area contributed by atoms with Gasteiger partial charge in [0.2, 0.25) is 5.91 Å². The van der Waals surface area contributed by atoms with E-state index in [0.29, 0.717) is 47.1 Å². The number of amides is 2. The molecule has 2 heterocycles. The zero-order valence-corrected chi connectivity index (χ0v) is 17.9. The van der Waals surface area contributed by atoms with E-state index in [1.807, 2.05) is 0 Å². The first-order chi connectivity index (χ1) is 14.4. The quantitative estimate of drug-likeness (QED) is 0.668. The molecular weight excluding hydrogens is 427 g/mol. The van der Waals surface area contributed by atoms with Crippen LogP contribution in [0, 0.1) is 0 Å². The minimum absolute atomic E-state index is 0.106. The van der Waals surface area contributed by atoms with Crippen LogP contribution in [0.4, 0.5) is 5.69 Å². The number of fused-ring (bicyclic) bond motifs is 1. The number of methoxy groups -OCH3 is 1. The van der Waals surface area contributed by atoms with Crippen molar-refractivity contribution in [2.75, 3.05) is 25.1 Å². The second-order valence-electron chi connectivity index (χ2n) is 7.36. The van der Waals surface area contributed by atoms with Gasteiger partial charge in [-0.25, -0.2) is 4.79 Å². The molecule has 2 amide bonds. The first kappa shape index (κ1) is 20.7. The van der Waals surface area contributed by atoms with E-state index >= 15 is 0 Å². The SMILES string of the molecule is COC(=O)c1ccc2c(c1)CCN2C(=O)C1CCCN1C(=O)c1ccc(Cl)c(Cl)c1. The van der Waals surface area contributed by atoms with Crippen LogP contribution >= 0.6 is 23.2 Å². The summed E-state index contributed by atoms with van der Waals surface area (Å²) in [5, 5.41) is 0.682. The molecule has 0 N–H and O–H groups in total. The van der Waals surface area contributed by atoms with Gasteiger partial charge in [0, 0.05) is 24.3 Å². The molecule has 1 atom stereocenters. The third kappa shape index (κ3) is 3.66. The number of carbonyl (C=O) groups excluding carboxylic acids is 3. The van der Waals surface area contributed by atoms with E-state index in [1.54, 1.807) is 40.1 Å². The lowest BCUT2D eigenvalue weighted by atomic mass is 10.1. The number of carbonyl (C=O) groups is 3. The zero-order valence-electron chi connectivity index (χ0n) is 16.4. The predicted molar refractivity (Wildman–Crippen MR) is 114 cm³/mol. The summed E-state index contributed by atoms with van der Waals surface area (Å²) in [6.45, 7) is 1.03. The molecule has 2 aliphatic rings. The molecule has 30 heavy (non-hydrogen) atoms. The van der Waals surface area contributed by atoms with Crippen LogP contribution in [-0.4, -0.2) is 48.9 Å². The number of ether oxygens (including phenoxy) is 1. The second kappa shape index (κ2) is 8.28. The summed E-state index contributed by atoms with van der Waals surface area (Å²) >= 11 is 12.0. The molecule has 2 aromatic carbocycles. The van der Waals surface area contributed by atoms with Crippen LogP contribution in [0.1, 0.15) is 39.1 Å². The van der Waals surface area contributed by atoms with Gasteiger partial charge in [-0.1, -0.05) is 23.2 Å². The number of anilines is 1. The van der Waals surface area contributed by atoms with Gasteiger partial charge in [0.05, 0.1) is 22.7 Å². The average molecular weight is 447 g/mol. The lowest BCUT2D eigenvalue weighted by Gasteiger charge is -2.28. The molecule has 2 aliphatic heterocycles. The Labute approximate surface area is 184 Å². The first-order valence-electron chi connectivity index (χ1n) is 9.69. The van der Waals surface area contributed by atoms with E-state index in [0.717, 1.165) is 17.7 Å². The Morgan fingerprint density at radius 1 is 1.00 bits per heavy atom. The molecule has 0 saturated carbocycles. The normalized spacial score (nSPS) is 17.8. The van der Waals surface area contributed by atoms with Crippen LogP contribution < -0.4 is 4.90 Å². The van der Waals surface area contributed by atoms with E-state index in [1.165, 1.54) is 13.2 Å². The highest BCUT2D eigenvalue weighted by atomic mass is 35.5. The molecule has 156 valence electrons. The fourth-order valence-electron chi connectivity index (χ4n) is 4.12. The number of benzene rings is 2. The maximum Gasteiger partial charge on any atom is 0.337 e. The summed E-state index contributed by atoms with van der Waals surface area (Å²) in [6, 6.07) is 9.40. The lowest BCUT2D eigenvalue weighted by Crippen LogP contribution is -2.47. The predicted octanol–water partition coefficient (Wildman–Crippen LogP) is 3.97. The fourth-order valence-corrected chi connectivity index (χ4v) is 4.41. The smallest absolute Gasteiger partial charge is 0.337 e. The van der Waals surface area contributed by atoms with Crippen molar-refractivity contribution in [3.63, 3.8) is 0 Å². The number of nitrogens with zero attached hydrogens (tertiary/aromatic N) is 2. The lowest BCUT2D eigenvalue weighted by molar-refractivity contribution is -0.122. The molecular formula is C22H20Cl2N2O4. The van der Waals surface area contributed by atoms with Crippen molar-refractivity contribution in [3.05, 3.63) is 63.1 Å². The summed E-state index contributed by atoms with van der Waals surface area (Å²) in [4.78, 5) is 41.5. The van der Waals surface area contributed by atoms with E-state index in [9.17, 15) is 14.4 Å². The van der Waals surface area contributed by atoms with E-state index in [-0.39, 0.29) is 11.8 Å². The van der Waals surface area contributed by atoms with Crippen LogP contribution in [-0.2, 0) is 16.0 Å². The third-order valence-corrected chi connectivity index (χ3v) is 6.37. The minimum Gasteiger partial charge on any atom is -0.465 e. The standard InChI is InChI=1S/C22H20Cl2N2O4/c1-30-22(29)15-5-7-18-13(11-15)8-10-26(18)21(28)19-3-2-9-25(19)20(27)14-4-6-16(23)17(24)12-14/h4-7,11-12,19H,2-3,8-10H2,1H3. The molecule has 0 aliphatic carbocycles. The van der Waals surface area contributed by atoms with Crippen LogP contribution in [0.2, 0.25) is 10.0 Å². The van der Waals surface area contributed by atoms with Crippen LogP contribution in [0.15, 0.2) is 36.4 Å². The van der Waals surface area contributed by atoms with E-state index < -0.39 is 12.0 Å². The monoisotopic (exact) mass is 446 g/mol. The van der Waals surface area contributed by atoms with Crippen molar-refractivity contribution in [2.45, 2.75) is 25.3 Å². The second-order valence-corrected chi connectivity index (χ2v) is 8.17. The Bertz CT molecular complexity index is 1040. The largest absolute Gasteiger partial charge is 0.465 e. The summed E-state index contributed by atoms with van der Waals surface area (Å²) in [7, 11) is 1.34. The van der Waals surface area contributed by atoms with Crippen molar-refractivity contribution in [1.29, 1.82) is 0 Å². The van der Waals surface area contributed by atoms with Gasteiger partial charge in [-0.05, 0) is 61.2 Å². The molecule has 2 aromatic rings. The summed E-state index contributed by atoms with van der Waals surface area (Å²) in [5.41, 5.74) is 2.57. The number of hydrogen-bond donors (Lipinski definition) is 0. The number of likely N-dealkylation sites (tertiary alicyclic amines) is 1. The van der Waals surface area contributed by atoms with E-state index in [4.69, 9.17) is 27.9 Å². The molecule has 0 bridgehead atoms. The zero-order chi connectivity index (χ0) is 21.4. The number of rotatable bonds is 3. The van der Waals surface area contributed by atoms with Gasteiger partial charge in [-0.15, -0.1) is 0 Å². The summed E-state index contributed by atoms with van der Waals surface area (Å²) in [6.07, 6.45) is 2.02. The van der Waals surface area contributed by atoms with Crippen LogP contribution in [0.3, 0.4) is 0 Å². The number of halogens is 2. The highest BCUT2D eigenvalue weighted by Crippen LogP contribution is 2.32. The maximum atomic E-state index is 13.3. The van der Waals surface area contributed by atoms with E-state index in [2.05, 4.69) is 0 Å². The first-order valence-corrected chi connectivity index (χ1v) is 10.4. The minimum atomic E-state index is -0.529. The van der Waals surface area contributed by atoms with Crippen molar-refractivity contribution >= 4 is 46.7 Å². The number of hydrogen-bond acceptors (Lipinski definition) is 4. The van der Waals surface area contributed by atoms with Gasteiger partial charge in [0.1, 0.15) is 6.04 Å². The molecule has 0 spiro atoms. The van der Waals surface area contributed by atoms with Crippen molar-refractivity contribution in [3.8, 4) is 0 Å². The Hall–Kier alpha value is -2.57. The van der Waals surface area contributed by atoms with Gasteiger partial charge in [-0.3, -0.25) is 9.59 Å². The third-order valence-electron chi connectivity index (χ3n) is 5.63. The molecule has 6 nitrogen and oxygen atoms in total. The molecule has 1 unspecified atom stereocenters. The summed E-state index contributed by atoms with van der Waals surface area (Å²) < 4.78 is 4.77. The number of esters is 1. The average Bonchev–Trinajstić information content (AvgIpc) is 3.41. The van der Waals surface area contributed by atoms with Crippen molar-refractivity contribution in [1.82, 2.24) is 4.90 Å². The van der Waals surface area contributed by atoms with Crippen LogP contribution in [0.25, 0.3) is 0 Å².